The summed E-state index contributed by atoms with van der Waals surface area (Å²) >= 11 is 8.37. The first-order chi connectivity index (χ1) is 18.4. The Kier molecular flexibility index (Phi) is 15.1. The third-order valence-corrected chi connectivity index (χ3v) is 7.76. The number of aldehydes is 1. The molecule has 0 aliphatic heterocycles. The van der Waals surface area contributed by atoms with Crippen molar-refractivity contribution < 1.29 is 14.3 Å². The Bertz CT molecular complexity index is 997. The molecule has 7 heteroatoms. The smallest absolute Gasteiger partial charge is 0.251 e. The summed E-state index contributed by atoms with van der Waals surface area (Å²) in [5.74, 6) is 2.25. The van der Waals surface area contributed by atoms with Gasteiger partial charge >= 0.3 is 0 Å². The number of nitrogens with one attached hydrogen (secondary N) is 1. The lowest BCUT2D eigenvalue weighted by atomic mass is 9.81. The van der Waals surface area contributed by atoms with E-state index in [1.54, 1.807) is 0 Å². The molecule has 1 aliphatic carbocycles. The maximum Gasteiger partial charge on any atom is 0.251 e. The van der Waals surface area contributed by atoms with Crippen LogP contribution in [-0.2, 0) is 16.1 Å². The van der Waals surface area contributed by atoms with Crippen LogP contribution in [0.25, 0.3) is 11.1 Å². The van der Waals surface area contributed by atoms with Crippen molar-refractivity contribution in [2.24, 2.45) is 5.92 Å². The predicted molar refractivity (Wildman–Crippen MR) is 166 cm³/mol. The summed E-state index contributed by atoms with van der Waals surface area (Å²) in [4.78, 5) is 26.6. The van der Waals surface area contributed by atoms with Gasteiger partial charge in [-0.15, -0.1) is 0 Å². The fourth-order valence-electron chi connectivity index (χ4n) is 4.46. The molecule has 5 nitrogen and oxygen atoms in total. The van der Waals surface area contributed by atoms with E-state index >= 15 is 0 Å². The molecule has 1 saturated carbocycles. The molecule has 0 heterocycles. The van der Waals surface area contributed by atoms with Crippen LogP contribution in [0.5, 0.6) is 0 Å². The zero-order chi connectivity index (χ0) is 27.9. The van der Waals surface area contributed by atoms with Crippen molar-refractivity contribution in [3.63, 3.8) is 0 Å². The van der Waals surface area contributed by atoms with Crippen LogP contribution in [0.3, 0.4) is 0 Å². The topological polar surface area (TPSA) is 58.6 Å². The standard InChI is InChI=1S/C26H33NO3S.C5H13NS/c1-3-27(13-14-31)26(29)25(16-20-8-6-9-20)30-18-21-11-12-22(17-28)24(15-21)23-10-5-4-7-19(23)2;1-5(6-2)3-4-7/h4-5,7,10-12,15,17,20,25,31H,3,6,8-9,13-14,16,18H2,1-2H3;5-7H,3-4H2,1-2H3. The third kappa shape index (κ3) is 10.1. The first-order valence-electron chi connectivity index (χ1n) is 13.8. The number of hydrogen-bond donors (Lipinski definition) is 3. The monoisotopic (exact) mass is 558 g/mol. The van der Waals surface area contributed by atoms with Crippen LogP contribution >= 0.6 is 25.3 Å². The highest BCUT2D eigenvalue weighted by Crippen LogP contribution is 2.32. The number of hydrogen-bond acceptors (Lipinski definition) is 6. The SMILES string of the molecule is CCN(CCS)C(=O)C(CC1CCC1)OCc1ccc(C=O)c(-c2ccccc2C)c1.CNC(C)CCS. The van der Waals surface area contributed by atoms with Crippen molar-refractivity contribution >= 4 is 37.5 Å². The molecule has 0 aromatic heterocycles. The highest BCUT2D eigenvalue weighted by atomic mass is 32.1. The molecule has 0 radical (unpaired) electrons. The van der Waals surface area contributed by atoms with Gasteiger partial charge in [0, 0.05) is 30.4 Å². The Morgan fingerprint density at radius 1 is 1.16 bits per heavy atom. The summed E-state index contributed by atoms with van der Waals surface area (Å²) in [6.45, 7) is 7.83. The third-order valence-electron chi connectivity index (χ3n) is 7.30. The maximum absolute atomic E-state index is 13.1. The summed E-state index contributed by atoms with van der Waals surface area (Å²) < 4.78 is 6.22. The van der Waals surface area contributed by atoms with Gasteiger partial charge in [0.05, 0.1) is 6.61 Å². The molecule has 1 N–H and O–H groups in total. The number of amides is 1. The minimum Gasteiger partial charge on any atom is -0.364 e. The van der Waals surface area contributed by atoms with Crippen LogP contribution in [0.1, 0.15) is 67.4 Å². The number of likely N-dealkylation sites (N-methyl/N-ethyl adjacent to an activating group) is 1. The second kappa shape index (κ2) is 17.7. The highest BCUT2D eigenvalue weighted by molar-refractivity contribution is 7.80. The fourth-order valence-corrected chi connectivity index (χ4v) is 5.09. The maximum atomic E-state index is 13.1. The average Bonchev–Trinajstić information content (AvgIpc) is 2.91. The van der Waals surface area contributed by atoms with E-state index < -0.39 is 6.10 Å². The van der Waals surface area contributed by atoms with E-state index in [0.717, 1.165) is 47.1 Å². The Morgan fingerprint density at radius 2 is 1.89 bits per heavy atom. The number of benzene rings is 2. The van der Waals surface area contributed by atoms with E-state index in [1.807, 2.05) is 68.3 Å². The lowest BCUT2D eigenvalue weighted by molar-refractivity contribution is -0.146. The van der Waals surface area contributed by atoms with Gasteiger partial charge in [-0.05, 0) is 80.7 Å². The van der Waals surface area contributed by atoms with Gasteiger partial charge in [-0.3, -0.25) is 9.59 Å². The molecule has 1 aliphatic rings. The Labute approximate surface area is 240 Å². The van der Waals surface area contributed by atoms with Crippen molar-refractivity contribution in [2.75, 3.05) is 31.6 Å². The number of carbonyl (C=O) groups excluding carboxylic acids is 2. The average molecular weight is 559 g/mol. The van der Waals surface area contributed by atoms with E-state index in [2.05, 4.69) is 37.5 Å². The summed E-state index contributed by atoms with van der Waals surface area (Å²) in [6.07, 6.45) is 5.99. The second-order valence-corrected chi connectivity index (χ2v) is 10.9. The van der Waals surface area contributed by atoms with E-state index in [9.17, 15) is 9.59 Å². The molecule has 2 aromatic carbocycles. The van der Waals surface area contributed by atoms with Gasteiger partial charge in [-0.25, -0.2) is 0 Å². The summed E-state index contributed by atoms with van der Waals surface area (Å²) in [5, 5.41) is 3.12. The van der Waals surface area contributed by atoms with Crippen LogP contribution < -0.4 is 5.32 Å². The molecule has 1 amide bonds. The van der Waals surface area contributed by atoms with E-state index in [4.69, 9.17) is 4.74 Å². The molecular weight excluding hydrogens is 512 g/mol. The van der Waals surface area contributed by atoms with Crippen LogP contribution in [0.2, 0.25) is 0 Å². The molecule has 0 bridgehead atoms. The van der Waals surface area contributed by atoms with Crippen LogP contribution in [0, 0.1) is 12.8 Å². The van der Waals surface area contributed by atoms with Crippen molar-refractivity contribution in [3.05, 3.63) is 59.2 Å². The second-order valence-electron chi connectivity index (χ2n) is 10.0. The predicted octanol–water partition coefficient (Wildman–Crippen LogP) is 6.24. The van der Waals surface area contributed by atoms with Gasteiger partial charge in [-0.2, -0.15) is 25.3 Å². The minimum atomic E-state index is -0.433. The highest BCUT2D eigenvalue weighted by Gasteiger charge is 2.30. The number of nitrogens with zero attached hydrogens (tertiary/aromatic N) is 1. The van der Waals surface area contributed by atoms with E-state index in [0.29, 0.717) is 43.0 Å². The minimum absolute atomic E-state index is 0.0621. The van der Waals surface area contributed by atoms with Crippen molar-refractivity contribution in [1.29, 1.82) is 0 Å². The molecule has 1 fully saturated rings. The van der Waals surface area contributed by atoms with Crippen LogP contribution in [0.4, 0.5) is 0 Å². The fraction of sp³-hybridized carbons (Fsp3) is 0.548. The zero-order valence-corrected chi connectivity index (χ0v) is 25.3. The lowest BCUT2D eigenvalue weighted by Gasteiger charge is -2.32. The van der Waals surface area contributed by atoms with Gasteiger partial charge < -0.3 is 15.0 Å². The zero-order valence-electron chi connectivity index (χ0n) is 23.5. The van der Waals surface area contributed by atoms with Gasteiger partial charge in [0.15, 0.2) is 6.29 Å². The van der Waals surface area contributed by atoms with Gasteiger partial charge in [0.2, 0.25) is 0 Å². The van der Waals surface area contributed by atoms with Crippen molar-refractivity contribution in [2.45, 2.75) is 71.6 Å². The number of rotatable bonds is 14. The molecule has 210 valence electrons. The lowest BCUT2D eigenvalue weighted by Crippen LogP contribution is -2.42. The first kappa shape index (κ1) is 32.4. The normalized spacial score (nSPS) is 14.6. The molecule has 0 spiro atoms. The van der Waals surface area contributed by atoms with Crippen molar-refractivity contribution in [3.8, 4) is 11.1 Å². The first-order valence-corrected chi connectivity index (χ1v) is 15.1. The van der Waals surface area contributed by atoms with Crippen LogP contribution in [0.15, 0.2) is 42.5 Å². The van der Waals surface area contributed by atoms with Crippen LogP contribution in [-0.4, -0.2) is 60.9 Å². The molecule has 2 atom stereocenters. The van der Waals surface area contributed by atoms with Gasteiger partial charge in [-0.1, -0.05) is 55.7 Å². The van der Waals surface area contributed by atoms with Gasteiger partial charge in [0.25, 0.3) is 5.91 Å². The Morgan fingerprint density at radius 3 is 2.42 bits per heavy atom. The number of carbonyl (C=O) groups is 2. The molecular formula is C31H46N2O3S2. The summed E-state index contributed by atoms with van der Waals surface area (Å²) in [6, 6.07) is 14.4. The molecule has 3 rings (SSSR count). The number of ether oxygens (including phenoxy) is 1. The number of thiol groups is 2. The molecule has 2 unspecified atom stereocenters. The van der Waals surface area contributed by atoms with Crippen molar-refractivity contribution in [1.82, 2.24) is 10.2 Å². The number of aryl methyl sites for hydroxylation is 1. The quantitative estimate of drug-likeness (QED) is 0.190. The Balaban J connectivity index is 0.000000638. The summed E-state index contributed by atoms with van der Waals surface area (Å²) in [5.41, 5.74) is 4.69. The summed E-state index contributed by atoms with van der Waals surface area (Å²) in [7, 11) is 1.97. The van der Waals surface area contributed by atoms with E-state index in [1.165, 1.54) is 19.3 Å². The molecule has 2 aromatic rings. The molecule has 38 heavy (non-hydrogen) atoms. The largest absolute Gasteiger partial charge is 0.364 e. The molecule has 0 saturated heterocycles. The van der Waals surface area contributed by atoms with Gasteiger partial charge in [0.1, 0.15) is 6.10 Å². The Hall–Kier alpha value is -1.80. The van der Waals surface area contributed by atoms with E-state index in [-0.39, 0.29) is 5.91 Å².